The number of amides is 1. The third-order valence-electron chi connectivity index (χ3n) is 4.20. The van der Waals surface area contributed by atoms with Gasteiger partial charge in [-0.1, -0.05) is 18.2 Å². The zero-order chi connectivity index (χ0) is 16.2. The topological polar surface area (TPSA) is 32.8 Å². The van der Waals surface area contributed by atoms with Crippen molar-refractivity contribution in [2.75, 3.05) is 27.2 Å². The van der Waals surface area contributed by atoms with Gasteiger partial charge in [0.05, 0.1) is 13.7 Å². The molecule has 1 aliphatic heterocycles. The Balaban J connectivity index is 1.58. The molecule has 1 aromatic heterocycles. The molecule has 0 N–H and O–H groups in total. The van der Waals surface area contributed by atoms with Crippen LogP contribution >= 0.6 is 11.3 Å². The standard InChI is InChI=1S/C18H22N2O2S/c1-19(11-14-5-3-4-6-16(14)22-2)13-18(21)20-9-7-17-15(12-20)8-10-23-17/h3-6,8,10H,7,9,11-13H2,1-2H3. The van der Waals surface area contributed by atoms with Crippen LogP contribution in [0.3, 0.4) is 0 Å². The number of benzene rings is 1. The van der Waals surface area contributed by atoms with Crippen LogP contribution in [0.15, 0.2) is 35.7 Å². The fraction of sp³-hybridized carbons (Fsp3) is 0.389. The second-order valence-corrected chi connectivity index (χ2v) is 6.92. The molecule has 0 aliphatic carbocycles. The van der Waals surface area contributed by atoms with E-state index in [0.717, 1.165) is 30.8 Å². The summed E-state index contributed by atoms with van der Waals surface area (Å²) < 4.78 is 5.38. The number of hydrogen-bond donors (Lipinski definition) is 0. The summed E-state index contributed by atoms with van der Waals surface area (Å²) in [6, 6.07) is 10.1. The van der Waals surface area contributed by atoms with Crippen molar-refractivity contribution >= 4 is 17.2 Å². The molecule has 3 rings (SSSR count). The van der Waals surface area contributed by atoms with Crippen LogP contribution < -0.4 is 4.74 Å². The van der Waals surface area contributed by atoms with Crippen LogP contribution in [0.1, 0.15) is 16.0 Å². The van der Waals surface area contributed by atoms with Crippen molar-refractivity contribution in [3.05, 3.63) is 51.7 Å². The second-order valence-electron chi connectivity index (χ2n) is 5.92. The molecule has 2 heterocycles. The molecule has 23 heavy (non-hydrogen) atoms. The Morgan fingerprint density at radius 1 is 1.35 bits per heavy atom. The van der Waals surface area contributed by atoms with E-state index in [4.69, 9.17) is 4.74 Å². The Labute approximate surface area is 141 Å². The molecule has 5 heteroatoms. The number of para-hydroxylation sites is 1. The van der Waals surface area contributed by atoms with E-state index >= 15 is 0 Å². The van der Waals surface area contributed by atoms with Crippen molar-refractivity contribution in [2.24, 2.45) is 0 Å². The van der Waals surface area contributed by atoms with E-state index in [1.165, 1.54) is 10.4 Å². The summed E-state index contributed by atoms with van der Waals surface area (Å²) in [6.07, 6.45) is 0.981. The van der Waals surface area contributed by atoms with Gasteiger partial charge in [0, 0.05) is 30.1 Å². The second kappa shape index (κ2) is 7.15. The summed E-state index contributed by atoms with van der Waals surface area (Å²) in [6.45, 7) is 2.71. The normalized spacial score (nSPS) is 14.0. The van der Waals surface area contributed by atoms with E-state index in [2.05, 4.69) is 11.4 Å². The summed E-state index contributed by atoms with van der Waals surface area (Å²) in [7, 11) is 3.65. The van der Waals surface area contributed by atoms with E-state index in [1.807, 2.05) is 41.1 Å². The molecule has 1 aliphatic rings. The molecule has 0 atom stereocenters. The van der Waals surface area contributed by atoms with Crippen LogP contribution in [-0.4, -0.2) is 43.0 Å². The number of carbonyl (C=O) groups excluding carboxylic acids is 1. The van der Waals surface area contributed by atoms with Crippen molar-refractivity contribution < 1.29 is 9.53 Å². The zero-order valence-corrected chi connectivity index (χ0v) is 14.4. The maximum Gasteiger partial charge on any atom is 0.237 e. The number of ether oxygens (including phenoxy) is 1. The lowest BCUT2D eigenvalue weighted by Gasteiger charge is -2.29. The first-order chi connectivity index (χ1) is 11.2. The van der Waals surface area contributed by atoms with Crippen molar-refractivity contribution in [1.82, 2.24) is 9.80 Å². The SMILES string of the molecule is COc1ccccc1CN(C)CC(=O)N1CCc2sccc2C1. The Kier molecular flexibility index (Phi) is 4.98. The Hall–Kier alpha value is -1.85. The summed E-state index contributed by atoms with van der Waals surface area (Å²) in [5, 5.41) is 2.12. The maximum atomic E-state index is 12.5. The van der Waals surface area contributed by atoms with Gasteiger partial charge in [0.15, 0.2) is 0 Å². The lowest BCUT2D eigenvalue weighted by atomic mass is 10.1. The quantitative estimate of drug-likeness (QED) is 0.845. The number of rotatable bonds is 5. The average Bonchev–Trinajstić information content (AvgIpc) is 3.02. The van der Waals surface area contributed by atoms with E-state index in [-0.39, 0.29) is 5.91 Å². The lowest BCUT2D eigenvalue weighted by molar-refractivity contribution is -0.133. The third-order valence-corrected chi connectivity index (χ3v) is 5.22. The highest BCUT2D eigenvalue weighted by molar-refractivity contribution is 7.10. The minimum absolute atomic E-state index is 0.194. The molecule has 0 spiro atoms. The van der Waals surface area contributed by atoms with Crippen LogP contribution in [0.2, 0.25) is 0 Å². The zero-order valence-electron chi connectivity index (χ0n) is 13.6. The summed E-state index contributed by atoms with van der Waals surface area (Å²) in [5.41, 5.74) is 2.41. The van der Waals surface area contributed by atoms with Crippen molar-refractivity contribution in [3.63, 3.8) is 0 Å². The van der Waals surface area contributed by atoms with Crippen molar-refractivity contribution in [2.45, 2.75) is 19.5 Å². The monoisotopic (exact) mass is 330 g/mol. The smallest absolute Gasteiger partial charge is 0.237 e. The largest absolute Gasteiger partial charge is 0.496 e. The van der Waals surface area contributed by atoms with Gasteiger partial charge in [-0.15, -0.1) is 11.3 Å². The molecule has 1 aromatic carbocycles. The predicted molar refractivity (Wildman–Crippen MR) is 92.8 cm³/mol. The average molecular weight is 330 g/mol. The fourth-order valence-electron chi connectivity index (χ4n) is 2.97. The summed E-state index contributed by atoms with van der Waals surface area (Å²) in [5.74, 6) is 1.06. The Morgan fingerprint density at radius 2 is 2.17 bits per heavy atom. The van der Waals surface area contributed by atoms with E-state index in [1.54, 1.807) is 18.4 Å². The molecule has 1 amide bonds. The van der Waals surface area contributed by atoms with Gasteiger partial charge in [-0.25, -0.2) is 0 Å². The number of methoxy groups -OCH3 is 1. The van der Waals surface area contributed by atoms with Gasteiger partial charge in [0.2, 0.25) is 5.91 Å². The first kappa shape index (κ1) is 16.0. The number of nitrogens with zero attached hydrogens (tertiary/aromatic N) is 2. The van der Waals surface area contributed by atoms with Crippen LogP contribution in [0, 0.1) is 0 Å². The van der Waals surface area contributed by atoms with E-state index in [9.17, 15) is 4.79 Å². The van der Waals surface area contributed by atoms with Crippen molar-refractivity contribution in [1.29, 1.82) is 0 Å². The number of hydrogen-bond acceptors (Lipinski definition) is 4. The minimum atomic E-state index is 0.194. The molecule has 122 valence electrons. The van der Waals surface area contributed by atoms with E-state index in [0.29, 0.717) is 13.1 Å². The van der Waals surface area contributed by atoms with Gasteiger partial charge in [-0.3, -0.25) is 9.69 Å². The van der Waals surface area contributed by atoms with Crippen LogP contribution in [0.5, 0.6) is 5.75 Å². The number of likely N-dealkylation sites (N-methyl/N-ethyl adjacent to an activating group) is 1. The van der Waals surface area contributed by atoms with Gasteiger partial charge >= 0.3 is 0 Å². The molecule has 2 aromatic rings. The summed E-state index contributed by atoms with van der Waals surface area (Å²) >= 11 is 1.80. The highest BCUT2D eigenvalue weighted by atomic mass is 32.1. The summed E-state index contributed by atoms with van der Waals surface area (Å²) in [4.78, 5) is 18.0. The predicted octanol–water partition coefficient (Wildman–Crippen LogP) is 2.77. The highest BCUT2D eigenvalue weighted by Gasteiger charge is 2.22. The first-order valence-corrected chi connectivity index (χ1v) is 8.69. The Bertz CT molecular complexity index is 683. The Morgan fingerprint density at radius 3 is 3.00 bits per heavy atom. The van der Waals surface area contributed by atoms with Gasteiger partial charge in [0.1, 0.15) is 5.75 Å². The van der Waals surface area contributed by atoms with Crippen LogP contribution in [0.4, 0.5) is 0 Å². The number of carbonyl (C=O) groups is 1. The van der Waals surface area contributed by atoms with Gasteiger partial charge in [-0.05, 0) is 36.5 Å². The van der Waals surface area contributed by atoms with Crippen molar-refractivity contribution in [3.8, 4) is 5.75 Å². The van der Waals surface area contributed by atoms with Gasteiger partial charge < -0.3 is 9.64 Å². The highest BCUT2D eigenvalue weighted by Crippen LogP contribution is 2.24. The number of thiophene rings is 1. The molecule has 0 radical (unpaired) electrons. The molecule has 0 saturated heterocycles. The third kappa shape index (κ3) is 3.74. The van der Waals surface area contributed by atoms with Crippen LogP contribution in [0.25, 0.3) is 0 Å². The minimum Gasteiger partial charge on any atom is -0.496 e. The van der Waals surface area contributed by atoms with Gasteiger partial charge in [-0.2, -0.15) is 0 Å². The molecule has 0 unspecified atom stereocenters. The molecular formula is C18H22N2O2S. The molecule has 0 saturated carbocycles. The first-order valence-electron chi connectivity index (χ1n) is 7.81. The fourth-order valence-corrected chi connectivity index (χ4v) is 3.86. The molecule has 0 bridgehead atoms. The van der Waals surface area contributed by atoms with E-state index < -0.39 is 0 Å². The molecular weight excluding hydrogens is 308 g/mol. The number of fused-ring (bicyclic) bond motifs is 1. The molecule has 0 fully saturated rings. The lowest BCUT2D eigenvalue weighted by Crippen LogP contribution is -2.41. The van der Waals surface area contributed by atoms with Crippen LogP contribution in [-0.2, 0) is 24.3 Å². The van der Waals surface area contributed by atoms with Gasteiger partial charge in [0.25, 0.3) is 0 Å². The maximum absolute atomic E-state index is 12.5. The molecule has 4 nitrogen and oxygen atoms in total.